The number of nitrogens with two attached hydrogens (primary N) is 1. The Bertz CT molecular complexity index is 715. The standard InChI is InChI=1S/C13H12ClN3O2S/c1-19-11-4-5-12(18)17(16-11)7-9-3-2-8(13(15)20)6-10(9)14/h2-6H,7H2,1H3,(H2,15,20). The molecule has 0 aliphatic carbocycles. The van der Waals surface area contributed by atoms with Crippen molar-refractivity contribution in [1.82, 2.24) is 9.78 Å². The highest BCUT2D eigenvalue weighted by Gasteiger charge is 2.07. The molecule has 0 radical (unpaired) electrons. The number of hydrogen-bond acceptors (Lipinski definition) is 4. The van der Waals surface area contributed by atoms with Crippen molar-refractivity contribution < 1.29 is 4.74 Å². The van der Waals surface area contributed by atoms with Crippen LogP contribution in [0, 0.1) is 0 Å². The fraction of sp³-hybridized carbons (Fsp3) is 0.154. The minimum Gasteiger partial charge on any atom is -0.480 e. The van der Waals surface area contributed by atoms with E-state index in [-0.39, 0.29) is 17.1 Å². The van der Waals surface area contributed by atoms with Crippen molar-refractivity contribution in [1.29, 1.82) is 0 Å². The number of aromatic nitrogens is 2. The van der Waals surface area contributed by atoms with Gasteiger partial charge < -0.3 is 10.5 Å². The highest BCUT2D eigenvalue weighted by molar-refractivity contribution is 7.80. The van der Waals surface area contributed by atoms with Gasteiger partial charge in [0.05, 0.1) is 13.7 Å². The number of ether oxygens (including phenoxy) is 1. The van der Waals surface area contributed by atoms with Gasteiger partial charge in [-0.05, 0) is 11.6 Å². The van der Waals surface area contributed by atoms with Crippen LogP contribution in [-0.2, 0) is 6.54 Å². The molecule has 7 heteroatoms. The molecule has 5 nitrogen and oxygen atoms in total. The molecule has 1 aromatic heterocycles. The first kappa shape index (κ1) is 14.5. The Morgan fingerprint density at radius 3 is 2.80 bits per heavy atom. The minimum atomic E-state index is -0.236. The normalized spacial score (nSPS) is 10.3. The van der Waals surface area contributed by atoms with Crippen LogP contribution in [-0.4, -0.2) is 21.9 Å². The lowest BCUT2D eigenvalue weighted by molar-refractivity contribution is 0.379. The number of methoxy groups -OCH3 is 1. The number of thiocarbonyl (C=S) groups is 1. The average molecular weight is 310 g/mol. The highest BCUT2D eigenvalue weighted by atomic mass is 35.5. The van der Waals surface area contributed by atoms with E-state index in [0.29, 0.717) is 16.5 Å². The number of hydrogen-bond donors (Lipinski definition) is 1. The van der Waals surface area contributed by atoms with Gasteiger partial charge in [0.25, 0.3) is 5.56 Å². The number of benzene rings is 1. The third-order valence-corrected chi connectivity index (χ3v) is 3.30. The molecule has 1 aromatic carbocycles. The molecule has 0 atom stereocenters. The quantitative estimate of drug-likeness (QED) is 0.869. The molecular weight excluding hydrogens is 298 g/mol. The van der Waals surface area contributed by atoms with E-state index in [0.717, 1.165) is 5.56 Å². The maximum atomic E-state index is 11.7. The summed E-state index contributed by atoms with van der Waals surface area (Å²) in [6.45, 7) is 0.243. The molecule has 104 valence electrons. The van der Waals surface area contributed by atoms with Crippen molar-refractivity contribution in [2.45, 2.75) is 6.54 Å². The van der Waals surface area contributed by atoms with Crippen LogP contribution in [0.5, 0.6) is 5.88 Å². The molecule has 0 amide bonds. The van der Waals surface area contributed by atoms with Crippen LogP contribution in [0.3, 0.4) is 0 Å². The Hall–Kier alpha value is -1.92. The molecule has 2 N–H and O–H groups in total. The molecule has 20 heavy (non-hydrogen) atoms. The predicted molar refractivity (Wildman–Crippen MR) is 81.5 cm³/mol. The summed E-state index contributed by atoms with van der Waals surface area (Å²) in [5.41, 5.74) is 6.73. The Balaban J connectivity index is 2.35. The van der Waals surface area contributed by atoms with E-state index in [9.17, 15) is 4.79 Å². The van der Waals surface area contributed by atoms with Gasteiger partial charge in [0.2, 0.25) is 5.88 Å². The molecule has 2 rings (SSSR count). The van der Waals surface area contributed by atoms with Crippen LogP contribution in [0.25, 0.3) is 0 Å². The lowest BCUT2D eigenvalue weighted by Crippen LogP contribution is -2.23. The van der Waals surface area contributed by atoms with Crippen molar-refractivity contribution in [3.8, 4) is 5.88 Å². The van der Waals surface area contributed by atoms with E-state index in [4.69, 9.17) is 34.3 Å². The van der Waals surface area contributed by atoms with Crippen LogP contribution in [0.1, 0.15) is 11.1 Å². The molecule has 0 saturated carbocycles. The van der Waals surface area contributed by atoms with Gasteiger partial charge in [-0.2, -0.15) is 0 Å². The summed E-state index contributed by atoms with van der Waals surface area (Å²) in [5.74, 6) is 0.362. The lowest BCUT2D eigenvalue weighted by atomic mass is 10.1. The van der Waals surface area contributed by atoms with Crippen LogP contribution < -0.4 is 16.0 Å². The molecule has 0 aliphatic rings. The van der Waals surface area contributed by atoms with E-state index in [2.05, 4.69) is 5.10 Å². The van der Waals surface area contributed by atoms with Gasteiger partial charge in [0, 0.05) is 22.7 Å². The molecule has 0 spiro atoms. The summed E-state index contributed by atoms with van der Waals surface area (Å²) in [6.07, 6.45) is 0. The molecule has 1 heterocycles. The van der Waals surface area contributed by atoms with Crippen molar-refractivity contribution in [3.05, 3.63) is 56.8 Å². The first-order valence-electron chi connectivity index (χ1n) is 5.71. The van der Waals surface area contributed by atoms with Gasteiger partial charge in [-0.15, -0.1) is 5.10 Å². The van der Waals surface area contributed by atoms with Gasteiger partial charge >= 0.3 is 0 Å². The summed E-state index contributed by atoms with van der Waals surface area (Å²) >= 11 is 11.0. The summed E-state index contributed by atoms with van der Waals surface area (Å²) in [7, 11) is 1.49. The molecular formula is C13H12ClN3O2S. The topological polar surface area (TPSA) is 70.1 Å². The van der Waals surface area contributed by atoms with Crippen molar-refractivity contribution >= 4 is 28.8 Å². The first-order valence-corrected chi connectivity index (χ1v) is 6.50. The zero-order valence-corrected chi connectivity index (χ0v) is 12.2. The van der Waals surface area contributed by atoms with Crippen molar-refractivity contribution in [2.75, 3.05) is 7.11 Å². The van der Waals surface area contributed by atoms with Crippen LogP contribution in [0.4, 0.5) is 0 Å². The van der Waals surface area contributed by atoms with Crippen LogP contribution in [0.2, 0.25) is 5.02 Å². The second kappa shape index (κ2) is 6.02. The summed E-state index contributed by atoms with van der Waals surface area (Å²) in [6, 6.07) is 8.10. The summed E-state index contributed by atoms with van der Waals surface area (Å²) in [4.78, 5) is 12.0. The number of halogens is 1. The second-order valence-electron chi connectivity index (χ2n) is 4.04. The fourth-order valence-electron chi connectivity index (χ4n) is 1.64. The number of rotatable bonds is 4. The second-order valence-corrected chi connectivity index (χ2v) is 4.89. The molecule has 0 bridgehead atoms. The predicted octanol–water partition coefficient (Wildman–Crippen LogP) is 1.59. The molecule has 0 aliphatic heterocycles. The first-order chi connectivity index (χ1) is 9.51. The van der Waals surface area contributed by atoms with Gasteiger partial charge in [-0.1, -0.05) is 36.0 Å². The highest BCUT2D eigenvalue weighted by Crippen LogP contribution is 2.18. The van der Waals surface area contributed by atoms with Gasteiger partial charge in [0.15, 0.2) is 0 Å². The molecule has 0 fully saturated rings. The Kier molecular flexibility index (Phi) is 4.36. The van der Waals surface area contributed by atoms with E-state index < -0.39 is 0 Å². The lowest BCUT2D eigenvalue weighted by Gasteiger charge is -2.09. The van der Waals surface area contributed by atoms with Crippen LogP contribution in [0.15, 0.2) is 35.1 Å². The minimum absolute atomic E-state index is 0.236. The maximum absolute atomic E-state index is 11.7. The molecule has 0 saturated heterocycles. The number of nitrogens with zero attached hydrogens (tertiary/aromatic N) is 2. The van der Waals surface area contributed by atoms with Crippen molar-refractivity contribution in [3.63, 3.8) is 0 Å². The fourth-order valence-corrected chi connectivity index (χ4v) is 2.01. The summed E-state index contributed by atoms with van der Waals surface area (Å²) in [5, 5.41) is 4.54. The molecule has 2 aromatic rings. The monoisotopic (exact) mass is 309 g/mol. The van der Waals surface area contributed by atoms with Crippen molar-refractivity contribution in [2.24, 2.45) is 5.73 Å². The Morgan fingerprint density at radius 2 is 2.20 bits per heavy atom. The zero-order chi connectivity index (χ0) is 14.7. The van der Waals surface area contributed by atoms with Gasteiger partial charge in [-0.25, -0.2) is 4.68 Å². The smallest absolute Gasteiger partial charge is 0.267 e. The zero-order valence-electron chi connectivity index (χ0n) is 10.7. The third-order valence-electron chi connectivity index (χ3n) is 2.71. The third kappa shape index (κ3) is 3.15. The van der Waals surface area contributed by atoms with Gasteiger partial charge in [-0.3, -0.25) is 4.79 Å². The largest absolute Gasteiger partial charge is 0.480 e. The Labute approximate surface area is 125 Å². The van der Waals surface area contributed by atoms with E-state index in [1.807, 2.05) is 0 Å². The maximum Gasteiger partial charge on any atom is 0.267 e. The van der Waals surface area contributed by atoms with Crippen LogP contribution >= 0.6 is 23.8 Å². The summed E-state index contributed by atoms with van der Waals surface area (Å²) < 4.78 is 6.27. The van der Waals surface area contributed by atoms with E-state index in [1.165, 1.54) is 23.9 Å². The van der Waals surface area contributed by atoms with E-state index >= 15 is 0 Å². The average Bonchev–Trinajstić information content (AvgIpc) is 2.43. The van der Waals surface area contributed by atoms with Gasteiger partial charge in [0.1, 0.15) is 4.99 Å². The van der Waals surface area contributed by atoms with E-state index in [1.54, 1.807) is 18.2 Å². The SMILES string of the molecule is COc1ccc(=O)n(Cc2ccc(C(N)=S)cc2Cl)n1. The molecule has 0 unspecified atom stereocenters. The Morgan fingerprint density at radius 1 is 1.45 bits per heavy atom.